The Morgan fingerprint density at radius 1 is 0.833 bits per heavy atom. The van der Waals surface area contributed by atoms with E-state index in [0.29, 0.717) is 11.8 Å². The lowest BCUT2D eigenvalue weighted by atomic mass is 9.55. The molecule has 70 valence electrons. The standard InChI is InChI=1S/C10H18O2/c1-9(11)7-3-5-8(6-4-7)10(9,2)12/h7-8,11-12H,3-6H2,1-2H3/t7?,8?,9-,10-/m1/s1. The van der Waals surface area contributed by atoms with Crippen LogP contribution in [-0.4, -0.2) is 21.4 Å². The zero-order valence-corrected chi connectivity index (χ0v) is 7.88. The molecule has 3 aliphatic carbocycles. The summed E-state index contributed by atoms with van der Waals surface area (Å²) >= 11 is 0. The number of rotatable bonds is 0. The molecule has 0 aromatic rings. The lowest BCUT2D eigenvalue weighted by Crippen LogP contribution is -2.64. The Morgan fingerprint density at radius 2 is 1.08 bits per heavy atom. The summed E-state index contributed by atoms with van der Waals surface area (Å²) < 4.78 is 0. The molecule has 2 atom stereocenters. The van der Waals surface area contributed by atoms with Crippen molar-refractivity contribution >= 4 is 0 Å². The molecule has 0 saturated heterocycles. The van der Waals surface area contributed by atoms with Crippen molar-refractivity contribution < 1.29 is 10.2 Å². The van der Waals surface area contributed by atoms with Gasteiger partial charge >= 0.3 is 0 Å². The van der Waals surface area contributed by atoms with Crippen LogP contribution in [-0.2, 0) is 0 Å². The van der Waals surface area contributed by atoms with Crippen LogP contribution in [0.15, 0.2) is 0 Å². The molecule has 0 unspecified atom stereocenters. The minimum atomic E-state index is -0.853. The Hall–Kier alpha value is -0.0800. The second-order valence-corrected chi connectivity index (χ2v) is 4.84. The van der Waals surface area contributed by atoms with Gasteiger partial charge in [-0.15, -0.1) is 0 Å². The lowest BCUT2D eigenvalue weighted by molar-refractivity contribution is -0.235. The highest BCUT2D eigenvalue weighted by molar-refractivity contribution is 5.09. The van der Waals surface area contributed by atoms with Gasteiger partial charge in [0.25, 0.3) is 0 Å². The molecule has 3 saturated carbocycles. The fraction of sp³-hybridized carbons (Fsp3) is 1.00. The van der Waals surface area contributed by atoms with E-state index in [4.69, 9.17) is 0 Å². The van der Waals surface area contributed by atoms with Crippen LogP contribution in [0.25, 0.3) is 0 Å². The van der Waals surface area contributed by atoms with Crippen molar-refractivity contribution in [3.8, 4) is 0 Å². The second-order valence-electron chi connectivity index (χ2n) is 4.84. The van der Waals surface area contributed by atoms with Gasteiger partial charge in [0.2, 0.25) is 0 Å². The molecule has 0 heterocycles. The monoisotopic (exact) mass is 170 g/mol. The highest BCUT2D eigenvalue weighted by Crippen LogP contribution is 2.52. The van der Waals surface area contributed by atoms with Crippen molar-refractivity contribution in [1.82, 2.24) is 0 Å². The Kier molecular flexibility index (Phi) is 1.59. The summed E-state index contributed by atoms with van der Waals surface area (Å²) in [5, 5.41) is 20.3. The predicted molar refractivity (Wildman–Crippen MR) is 46.7 cm³/mol. The first-order valence-corrected chi connectivity index (χ1v) is 4.91. The number of hydrogen-bond acceptors (Lipinski definition) is 2. The molecule has 2 N–H and O–H groups in total. The zero-order chi connectivity index (χ0) is 8.98. The average molecular weight is 170 g/mol. The highest BCUT2D eigenvalue weighted by atomic mass is 16.4. The summed E-state index contributed by atoms with van der Waals surface area (Å²) in [4.78, 5) is 0. The molecule has 0 amide bonds. The quantitative estimate of drug-likeness (QED) is 0.575. The topological polar surface area (TPSA) is 40.5 Å². The van der Waals surface area contributed by atoms with E-state index in [-0.39, 0.29) is 0 Å². The summed E-state index contributed by atoms with van der Waals surface area (Å²) in [6, 6.07) is 0. The third-order valence-electron chi connectivity index (χ3n) is 4.34. The smallest absolute Gasteiger partial charge is 0.0933 e. The average Bonchev–Trinajstić information content (AvgIpc) is 2.02. The van der Waals surface area contributed by atoms with Gasteiger partial charge in [-0.1, -0.05) is 0 Å². The van der Waals surface area contributed by atoms with Crippen LogP contribution >= 0.6 is 0 Å². The largest absolute Gasteiger partial charge is 0.387 e. The molecule has 3 aliphatic rings. The molecule has 3 rings (SSSR count). The normalized spacial score (nSPS) is 59.0. The van der Waals surface area contributed by atoms with Gasteiger partial charge < -0.3 is 10.2 Å². The number of hydrogen-bond donors (Lipinski definition) is 2. The third-order valence-corrected chi connectivity index (χ3v) is 4.34. The first-order valence-electron chi connectivity index (χ1n) is 4.91. The summed E-state index contributed by atoms with van der Waals surface area (Å²) in [5.74, 6) is 0.634. The number of aliphatic hydroxyl groups is 2. The number of fused-ring (bicyclic) bond motifs is 3. The Morgan fingerprint density at radius 3 is 1.25 bits per heavy atom. The fourth-order valence-corrected chi connectivity index (χ4v) is 3.04. The Balaban J connectivity index is 2.35. The van der Waals surface area contributed by atoms with E-state index in [2.05, 4.69) is 0 Å². The van der Waals surface area contributed by atoms with Crippen molar-refractivity contribution in [2.45, 2.75) is 50.7 Å². The van der Waals surface area contributed by atoms with Crippen molar-refractivity contribution in [3.63, 3.8) is 0 Å². The van der Waals surface area contributed by atoms with Crippen LogP contribution in [0, 0.1) is 11.8 Å². The first-order chi connectivity index (χ1) is 5.46. The molecular weight excluding hydrogens is 152 g/mol. The van der Waals surface area contributed by atoms with E-state index in [1.165, 1.54) is 0 Å². The van der Waals surface area contributed by atoms with Crippen molar-refractivity contribution in [2.75, 3.05) is 0 Å². The molecule has 12 heavy (non-hydrogen) atoms. The molecule has 0 aliphatic heterocycles. The van der Waals surface area contributed by atoms with Gasteiger partial charge in [-0.05, 0) is 51.4 Å². The van der Waals surface area contributed by atoms with Gasteiger partial charge in [-0.25, -0.2) is 0 Å². The molecule has 0 aromatic carbocycles. The van der Waals surface area contributed by atoms with Gasteiger partial charge in [-0.2, -0.15) is 0 Å². The van der Waals surface area contributed by atoms with Crippen molar-refractivity contribution in [3.05, 3.63) is 0 Å². The van der Waals surface area contributed by atoms with Crippen molar-refractivity contribution in [2.24, 2.45) is 11.8 Å². The van der Waals surface area contributed by atoms with Gasteiger partial charge in [-0.3, -0.25) is 0 Å². The SMILES string of the molecule is C[C@@]1(O)C2CCC(CC2)[C@@]1(C)O. The maximum atomic E-state index is 10.1. The summed E-state index contributed by atoms with van der Waals surface area (Å²) in [7, 11) is 0. The van der Waals surface area contributed by atoms with E-state index in [1.807, 2.05) is 0 Å². The molecule has 2 nitrogen and oxygen atoms in total. The second kappa shape index (κ2) is 2.24. The minimum Gasteiger partial charge on any atom is -0.387 e. The molecular formula is C10H18O2. The van der Waals surface area contributed by atoms with Crippen LogP contribution < -0.4 is 0 Å². The molecule has 0 spiro atoms. The molecule has 2 bridgehead atoms. The maximum absolute atomic E-state index is 10.1. The van der Waals surface area contributed by atoms with Gasteiger partial charge in [0.1, 0.15) is 0 Å². The van der Waals surface area contributed by atoms with E-state index in [9.17, 15) is 10.2 Å². The van der Waals surface area contributed by atoms with Crippen LogP contribution in [0.3, 0.4) is 0 Å². The molecule has 3 fully saturated rings. The Bertz CT molecular complexity index is 166. The zero-order valence-electron chi connectivity index (χ0n) is 7.88. The molecule has 0 radical (unpaired) electrons. The summed E-state index contributed by atoms with van der Waals surface area (Å²) in [5.41, 5.74) is -1.71. The van der Waals surface area contributed by atoms with E-state index in [1.54, 1.807) is 13.8 Å². The van der Waals surface area contributed by atoms with Crippen LogP contribution in [0.1, 0.15) is 39.5 Å². The summed E-state index contributed by atoms with van der Waals surface area (Å²) in [6.45, 7) is 3.59. The van der Waals surface area contributed by atoms with Crippen molar-refractivity contribution in [1.29, 1.82) is 0 Å². The first kappa shape index (κ1) is 8.52. The minimum absolute atomic E-state index is 0.317. The highest BCUT2D eigenvalue weighted by Gasteiger charge is 2.57. The van der Waals surface area contributed by atoms with Gasteiger partial charge in [0.05, 0.1) is 11.2 Å². The van der Waals surface area contributed by atoms with Gasteiger partial charge in [0.15, 0.2) is 0 Å². The summed E-state index contributed by atoms with van der Waals surface area (Å²) in [6.07, 6.45) is 4.36. The van der Waals surface area contributed by atoms with Crippen LogP contribution in [0.5, 0.6) is 0 Å². The lowest BCUT2D eigenvalue weighted by Gasteiger charge is -2.56. The third kappa shape index (κ3) is 0.826. The van der Waals surface area contributed by atoms with Crippen LogP contribution in [0.2, 0.25) is 0 Å². The maximum Gasteiger partial charge on any atom is 0.0933 e. The van der Waals surface area contributed by atoms with E-state index >= 15 is 0 Å². The predicted octanol–water partition coefficient (Wildman–Crippen LogP) is 1.31. The molecule has 0 aromatic heterocycles. The van der Waals surface area contributed by atoms with Gasteiger partial charge in [0, 0.05) is 0 Å². The Labute approximate surface area is 73.6 Å². The van der Waals surface area contributed by atoms with E-state index < -0.39 is 11.2 Å². The van der Waals surface area contributed by atoms with E-state index in [0.717, 1.165) is 25.7 Å². The molecule has 2 heteroatoms. The van der Waals surface area contributed by atoms with Crippen LogP contribution in [0.4, 0.5) is 0 Å². The fourth-order valence-electron chi connectivity index (χ4n) is 3.04.